The maximum atomic E-state index is 12.4. The van der Waals surface area contributed by atoms with Crippen LogP contribution in [0.2, 0.25) is 0 Å². The van der Waals surface area contributed by atoms with E-state index in [1.54, 1.807) is 6.20 Å². The van der Waals surface area contributed by atoms with E-state index in [0.29, 0.717) is 26.1 Å². The number of nitrogens with one attached hydrogen (secondary N) is 1. The Bertz CT molecular complexity index is 931. The average molecular weight is 364 g/mol. The lowest BCUT2D eigenvalue weighted by molar-refractivity contribution is -0.122. The highest BCUT2D eigenvalue weighted by molar-refractivity contribution is 5.82. The molecule has 3 heterocycles. The molecule has 2 aromatic heterocycles. The SMILES string of the molecule is Cn1nccc1CCC(=O)N[C@@H]1COC[C@H]1Cc1ccnc2ccccc12. The van der Waals surface area contributed by atoms with Crippen molar-refractivity contribution in [3.63, 3.8) is 0 Å². The van der Waals surface area contributed by atoms with Crippen LogP contribution in [0.15, 0.2) is 48.8 Å². The fraction of sp³-hybridized carbons (Fsp3) is 0.381. The lowest BCUT2D eigenvalue weighted by atomic mass is 9.93. The van der Waals surface area contributed by atoms with Gasteiger partial charge in [0.2, 0.25) is 5.91 Å². The molecule has 0 spiro atoms. The van der Waals surface area contributed by atoms with E-state index in [2.05, 4.69) is 27.5 Å². The molecule has 1 amide bonds. The molecule has 1 aliphatic heterocycles. The summed E-state index contributed by atoms with van der Waals surface area (Å²) in [5, 5.41) is 8.49. The molecule has 1 saturated heterocycles. The van der Waals surface area contributed by atoms with Crippen molar-refractivity contribution in [3.8, 4) is 0 Å². The van der Waals surface area contributed by atoms with Gasteiger partial charge in [-0.1, -0.05) is 18.2 Å². The Kier molecular flexibility index (Phi) is 5.16. The zero-order chi connectivity index (χ0) is 18.6. The van der Waals surface area contributed by atoms with Gasteiger partial charge in [0.25, 0.3) is 0 Å². The maximum absolute atomic E-state index is 12.4. The van der Waals surface area contributed by atoms with Gasteiger partial charge in [0.15, 0.2) is 0 Å². The first-order valence-electron chi connectivity index (χ1n) is 9.37. The molecule has 27 heavy (non-hydrogen) atoms. The van der Waals surface area contributed by atoms with Crippen LogP contribution < -0.4 is 5.32 Å². The van der Waals surface area contributed by atoms with Crippen LogP contribution in [0.25, 0.3) is 10.9 Å². The second-order valence-corrected chi connectivity index (χ2v) is 7.11. The van der Waals surface area contributed by atoms with Gasteiger partial charge in [-0.15, -0.1) is 0 Å². The van der Waals surface area contributed by atoms with Crippen LogP contribution in [0.5, 0.6) is 0 Å². The summed E-state index contributed by atoms with van der Waals surface area (Å²) in [6.45, 7) is 1.24. The van der Waals surface area contributed by atoms with Crippen molar-refractivity contribution in [2.24, 2.45) is 13.0 Å². The molecule has 0 aliphatic carbocycles. The van der Waals surface area contributed by atoms with E-state index in [1.807, 2.05) is 42.2 Å². The third-order valence-corrected chi connectivity index (χ3v) is 5.30. The number of fused-ring (bicyclic) bond motifs is 1. The fourth-order valence-corrected chi connectivity index (χ4v) is 3.74. The van der Waals surface area contributed by atoms with Crippen LogP contribution in [0.3, 0.4) is 0 Å². The van der Waals surface area contributed by atoms with E-state index < -0.39 is 0 Å². The Morgan fingerprint density at radius 1 is 1.22 bits per heavy atom. The fourth-order valence-electron chi connectivity index (χ4n) is 3.74. The number of rotatable bonds is 6. The van der Waals surface area contributed by atoms with Gasteiger partial charge >= 0.3 is 0 Å². The lowest BCUT2D eigenvalue weighted by Crippen LogP contribution is -2.40. The van der Waals surface area contributed by atoms with Gasteiger partial charge in [0.05, 0.1) is 24.8 Å². The third kappa shape index (κ3) is 4.01. The predicted molar refractivity (Wildman–Crippen MR) is 103 cm³/mol. The van der Waals surface area contributed by atoms with E-state index in [1.165, 1.54) is 10.9 Å². The first-order valence-corrected chi connectivity index (χ1v) is 9.37. The lowest BCUT2D eigenvalue weighted by Gasteiger charge is -2.20. The standard InChI is InChI=1S/C21H24N4O2/c1-25-17(9-11-23-25)6-7-21(26)24-20-14-27-13-16(20)12-15-8-10-22-19-5-3-2-4-18(15)19/h2-5,8-11,16,20H,6-7,12-14H2,1H3,(H,24,26)/t16-,20-/m1/s1. The van der Waals surface area contributed by atoms with Crippen LogP contribution in [0.4, 0.5) is 0 Å². The van der Waals surface area contributed by atoms with Gasteiger partial charge < -0.3 is 10.1 Å². The van der Waals surface area contributed by atoms with Gasteiger partial charge in [0.1, 0.15) is 0 Å². The monoisotopic (exact) mass is 364 g/mol. The van der Waals surface area contributed by atoms with Crippen LogP contribution in [0, 0.1) is 5.92 Å². The van der Waals surface area contributed by atoms with E-state index in [0.717, 1.165) is 17.6 Å². The molecule has 1 aliphatic rings. The molecular weight excluding hydrogens is 340 g/mol. The summed E-state index contributed by atoms with van der Waals surface area (Å²) in [4.78, 5) is 16.8. The van der Waals surface area contributed by atoms with E-state index in [4.69, 9.17) is 4.74 Å². The predicted octanol–water partition coefficient (Wildman–Crippen LogP) is 2.27. The number of carbonyl (C=O) groups excluding carboxylic acids is 1. The third-order valence-electron chi connectivity index (χ3n) is 5.30. The van der Waals surface area contributed by atoms with Gasteiger partial charge in [0, 0.05) is 42.9 Å². The molecule has 1 fully saturated rings. The van der Waals surface area contributed by atoms with Gasteiger partial charge in [-0.3, -0.25) is 14.5 Å². The number of benzene rings is 1. The Morgan fingerprint density at radius 2 is 2.11 bits per heavy atom. The molecule has 3 aromatic rings. The minimum atomic E-state index is 0.0518. The minimum absolute atomic E-state index is 0.0518. The number of amides is 1. The summed E-state index contributed by atoms with van der Waals surface area (Å²) in [5.74, 6) is 0.341. The number of hydrogen-bond acceptors (Lipinski definition) is 4. The number of hydrogen-bond donors (Lipinski definition) is 1. The van der Waals surface area contributed by atoms with Crippen molar-refractivity contribution in [2.45, 2.75) is 25.3 Å². The first kappa shape index (κ1) is 17.7. The summed E-state index contributed by atoms with van der Waals surface area (Å²) >= 11 is 0. The van der Waals surface area contributed by atoms with Crippen molar-refractivity contribution < 1.29 is 9.53 Å². The highest BCUT2D eigenvalue weighted by Crippen LogP contribution is 2.24. The summed E-state index contributed by atoms with van der Waals surface area (Å²) < 4.78 is 7.49. The van der Waals surface area contributed by atoms with Crippen LogP contribution in [0.1, 0.15) is 17.7 Å². The van der Waals surface area contributed by atoms with Crippen LogP contribution >= 0.6 is 0 Å². The zero-order valence-corrected chi connectivity index (χ0v) is 15.5. The minimum Gasteiger partial charge on any atom is -0.379 e. The largest absolute Gasteiger partial charge is 0.379 e. The number of aryl methyl sites for hydroxylation is 2. The molecule has 0 unspecified atom stereocenters. The topological polar surface area (TPSA) is 69.0 Å². The Morgan fingerprint density at radius 3 is 2.96 bits per heavy atom. The highest BCUT2D eigenvalue weighted by Gasteiger charge is 2.30. The molecule has 6 heteroatoms. The van der Waals surface area contributed by atoms with Gasteiger partial charge in [-0.25, -0.2) is 0 Å². The highest BCUT2D eigenvalue weighted by atomic mass is 16.5. The number of carbonyl (C=O) groups is 1. The number of aromatic nitrogens is 3. The Balaban J connectivity index is 1.38. The van der Waals surface area contributed by atoms with Crippen molar-refractivity contribution in [1.82, 2.24) is 20.1 Å². The summed E-state index contributed by atoms with van der Waals surface area (Å²) in [5.41, 5.74) is 3.32. The van der Waals surface area contributed by atoms with Gasteiger partial charge in [-0.05, 0) is 36.6 Å². The molecule has 0 saturated carbocycles. The summed E-state index contributed by atoms with van der Waals surface area (Å²) in [6, 6.07) is 12.2. The van der Waals surface area contributed by atoms with Crippen LogP contribution in [-0.2, 0) is 29.4 Å². The number of ether oxygens (including phenoxy) is 1. The van der Waals surface area contributed by atoms with Gasteiger partial charge in [-0.2, -0.15) is 5.10 Å². The van der Waals surface area contributed by atoms with E-state index >= 15 is 0 Å². The molecule has 1 aromatic carbocycles. The molecule has 0 bridgehead atoms. The van der Waals surface area contributed by atoms with Crippen molar-refractivity contribution in [1.29, 1.82) is 0 Å². The average Bonchev–Trinajstić information content (AvgIpc) is 3.29. The van der Waals surface area contributed by atoms with Crippen molar-refractivity contribution in [2.75, 3.05) is 13.2 Å². The molecule has 0 radical (unpaired) electrons. The quantitative estimate of drug-likeness (QED) is 0.729. The molecule has 1 N–H and O–H groups in total. The molecule has 140 valence electrons. The second kappa shape index (κ2) is 7.88. The summed E-state index contributed by atoms with van der Waals surface area (Å²) in [6.07, 6.45) is 5.63. The van der Waals surface area contributed by atoms with E-state index in [9.17, 15) is 4.79 Å². The van der Waals surface area contributed by atoms with Crippen LogP contribution in [-0.4, -0.2) is 39.9 Å². The van der Waals surface area contributed by atoms with Crippen molar-refractivity contribution in [3.05, 3.63) is 60.0 Å². The normalized spacial score (nSPS) is 19.4. The smallest absolute Gasteiger partial charge is 0.220 e. The Hall–Kier alpha value is -2.73. The molecule has 6 nitrogen and oxygen atoms in total. The summed E-state index contributed by atoms with van der Waals surface area (Å²) in [7, 11) is 1.90. The molecule has 4 rings (SSSR count). The molecular formula is C21H24N4O2. The first-order chi connectivity index (χ1) is 13.2. The number of para-hydroxylation sites is 1. The number of pyridine rings is 1. The maximum Gasteiger partial charge on any atom is 0.220 e. The molecule has 2 atom stereocenters. The van der Waals surface area contributed by atoms with Crippen molar-refractivity contribution >= 4 is 16.8 Å². The van der Waals surface area contributed by atoms with E-state index in [-0.39, 0.29) is 17.9 Å². The zero-order valence-electron chi connectivity index (χ0n) is 15.5. The number of nitrogens with zero attached hydrogens (tertiary/aromatic N) is 3. The second-order valence-electron chi connectivity index (χ2n) is 7.11. The Labute approximate surface area is 158 Å².